The third-order valence-electron chi connectivity index (χ3n) is 1.78. The van der Waals surface area contributed by atoms with Gasteiger partial charge in [-0.15, -0.1) is 12.6 Å². The molecule has 2 heterocycles. The van der Waals surface area contributed by atoms with Crippen molar-refractivity contribution in [1.82, 2.24) is 9.97 Å². The Morgan fingerprint density at radius 1 is 1.31 bits per heavy atom. The molecule has 5 heteroatoms. The van der Waals surface area contributed by atoms with Gasteiger partial charge < -0.3 is 9.47 Å². The number of aromatic nitrogens is 2. The highest BCUT2D eigenvalue weighted by Crippen LogP contribution is 2.29. The molecule has 0 spiro atoms. The lowest BCUT2D eigenvalue weighted by Crippen LogP contribution is -2.37. The SMILES string of the molecule is SC1(c2ncccn2)COCCO1. The molecule has 1 aliphatic rings. The Morgan fingerprint density at radius 2 is 2.08 bits per heavy atom. The van der Waals surface area contributed by atoms with E-state index in [-0.39, 0.29) is 0 Å². The van der Waals surface area contributed by atoms with Gasteiger partial charge in [0.05, 0.1) is 19.8 Å². The molecule has 1 saturated heterocycles. The topological polar surface area (TPSA) is 44.2 Å². The first kappa shape index (κ1) is 8.93. The molecule has 0 radical (unpaired) electrons. The average Bonchev–Trinajstić information content (AvgIpc) is 2.20. The minimum absolute atomic E-state index is 0.389. The maximum atomic E-state index is 5.47. The maximum Gasteiger partial charge on any atom is 0.193 e. The Kier molecular flexibility index (Phi) is 2.48. The normalized spacial score (nSPS) is 28.7. The smallest absolute Gasteiger partial charge is 0.193 e. The van der Waals surface area contributed by atoms with Crippen molar-refractivity contribution in [3.63, 3.8) is 0 Å². The fraction of sp³-hybridized carbons (Fsp3) is 0.500. The fourth-order valence-electron chi connectivity index (χ4n) is 1.15. The first-order valence-corrected chi connectivity index (χ1v) is 4.47. The van der Waals surface area contributed by atoms with Crippen molar-refractivity contribution < 1.29 is 9.47 Å². The van der Waals surface area contributed by atoms with Crippen LogP contribution in [0.15, 0.2) is 18.5 Å². The van der Waals surface area contributed by atoms with Gasteiger partial charge in [0.2, 0.25) is 0 Å². The van der Waals surface area contributed by atoms with Crippen LogP contribution in [-0.4, -0.2) is 29.8 Å². The standard InChI is InChI=1S/C8H10N2O2S/c13-8(6-11-4-5-12-8)7-9-2-1-3-10-7/h1-3,13H,4-6H2. The molecular weight excluding hydrogens is 188 g/mol. The van der Waals surface area contributed by atoms with Crippen LogP contribution in [0.2, 0.25) is 0 Å². The third-order valence-corrected chi connectivity index (χ3v) is 2.24. The summed E-state index contributed by atoms with van der Waals surface area (Å²) in [6.45, 7) is 1.52. The van der Waals surface area contributed by atoms with E-state index in [1.54, 1.807) is 18.5 Å². The zero-order valence-electron chi connectivity index (χ0n) is 7.01. The van der Waals surface area contributed by atoms with E-state index in [9.17, 15) is 0 Å². The van der Waals surface area contributed by atoms with Crippen molar-refractivity contribution in [2.75, 3.05) is 19.8 Å². The quantitative estimate of drug-likeness (QED) is 0.671. The van der Waals surface area contributed by atoms with Crippen LogP contribution < -0.4 is 0 Å². The Balaban J connectivity index is 2.23. The van der Waals surface area contributed by atoms with Gasteiger partial charge in [0, 0.05) is 12.4 Å². The van der Waals surface area contributed by atoms with Gasteiger partial charge in [-0.3, -0.25) is 0 Å². The molecule has 0 aromatic carbocycles. The first-order valence-electron chi connectivity index (χ1n) is 4.03. The summed E-state index contributed by atoms with van der Waals surface area (Å²) in [5, 5.41) is 0. The van der Waals surface area contributed by atoms with Crippen molar-refractivity contribution in [1.29, 1.82) is 0 Å². The maximum absolute atomic E-state index is 5.47. The van der Waals surface area contributed by atoms with Crippen molar-refractivity contribution in [3.8, 4) is 0 Å². The molecule has 0 bridgehead atoms. The number of thiol groups is 1. The van der Waals surface area contributed by atoms with Gasteiger partial charge in [-0.25, -0.2) is 9.97 Å². The molecule has 1 aliphatic heterocycles. The number of rotatable bonds is 1. The van der Waals surface area contributed by atoms with E-state index in [0.29, 0.717) is 25.6 Å². The van der Waals surface area contributed by atoms with Gasteiger partial charge in [0.25, 0.3) is 0 Å². The summed E-state index contributed by atoms with van der Waals surface area (Å²) in [5.41, 5.74) is 0. The Hall–Kier alpha value is -0.650. The van der Waals surface area contributed by atoms with E-state index < -0.39 is 4.93 Å². The third kappa shape index (κ3) is 1.82. The van der Waals surface area contributed by atoms with Crippen LogP contribution >= 0.6 is 12.6 Å². The number of nitrogens with zero attached hydrogens (tertiary/aromatic N) is 2. The summed E-state index contributed by atoms with van der Waals surface area (Å²) in [6.07, 6.45) is 3.33. The summed E-state index contributed by atoms with van der Waals surface area (Å²) in [4.78, 5) is 7.39. The second-order valence-electron chi connectivity index (χ2n) is 2.76. The highest BCUT2D eigenvalue weighted by molar-refractivity contribution is 7.81. The van der Waals surface area contributed by atoms with Crippen LogP contribution in [0.25, 0.3) is 0 Å². The molecule has 0 saturated carbocycles. The highest BCUT2D eigenvalue weighted by Gasteiger charge is 2.34. The van der Waals surface area contributed by atoms with Crippen molar-refractivity contribution in [2.24, 2.45) is 0 Å². The van der Waals surface area contributed by atoms with E-state index in [0.717, 1.165) is 0 Å². The largest absolute Gasteiger partial charge is 0.375 e. The number of hydrogen-bond acceptors (Lipinski definition) is 5. The van der Waals surface area contributed by atoms with E-state index in [2.05, 4.69) is 22.6 Å². The zero-order chi connectivity index (χ0) is 9.15. The molecular formula is C8H10N2O2S. The molecule has 70 valence electrons. The zero-order valence-corrected chi connectivity index (χ0v) is 7.91. The lowest BCUT2D eigenvalue weighted by Gasteiger charge is -2.30. The van der Waals surface area contributed by atoms with Crippen LogP contribution in [0.1, 0.15) is 5.82 Å². The molecule has 1 unspecified atom stereocenters. The summed E-state index contributed by atoms with van der Waals surface area (Å²) < 4.78 is 10.7. The molecule has 13 heavy (non-hydrogen) atoms. The van der Waals surface area contributed by atoms with Crippen LogP contribution in [-0.2, 0) is 14.4 Å². The minimum atomic E-state index is -0.778. The summed E-state index contributed by atoms with van der Waals surface area (Å²) in [5.74, 6) is 0.554. The Bertz CT molecular complexity index is 275. The van der Waals surface area contributed by atoms with E-state index in [4.69, 9.17) is 9.47 Å². The molecule has 4 nitrogen and oxygen atoms in total. The van der Waals surface area contributed by atoms with Gasteiger partial charge in [0.1, 0.15) is 0 Å². The average molecular weight is 198 g/mol. The van der Waals surface area contributed by atoms with Gasteiger partial charge in [-0.2, -0.15) is 0 Å². The molecule has 1 aromatic heterocycles. The monoisotopic (exact) mass is 198 g/mol. The van der Waals surface area contributed by atoms with Crippen molar-refractivity contribution >= 4 is 12.6 Å². The highest BCUT2D eigenvalue weighted by atomic mass is 32.1. The number of hydrogen-bond donors (Lipinski definition) is 1. The molecule has 0 aliphatic carbocycles. The summed E-state index contributed by atoms with van der Waals surface area (Å²) in [6, 6.07) is 1.75. The van der Waals surface area contributed by atoms with Crippen LogP contribution in [0.5, 0.6) is 0 Å². The second-order valence-corrected chi connectivity index (χ2v) is 3.48. The van der Waals surface area contributed by atoms with E-state index >= 15 is 0 Å². The van der Waals surface area contributed by atoms with Gasteiger partial charge in [0.15, 0.2) is 10.8 Å². The Labute approximate surface area is 81.7 Å². The Morgan fingerprint density at radius 3 is 2.69 bits per heavy atom. The molecule has 0 N–H and O–H groups in total. The second kappa shape index (κ2) is 3.61. The lowest BCUT2D eigenvalue weighted by atomic mass is 10.3. The number of ether oxygens (including phenoxy) is 2. The first-order chi connectivity index (χ1) is 6.31. The van der Waals surface area contributed by atoms with Crippen molar-refractivity contribution in [3.05, 3.63) is 24.3 Å². The van der Waals surface area contributed by atoms with Gasteiger partial charge in [-0.05, 0) is 6.07 Å². The van der Waals surface area contributed by atoms with Crippen LogP contribution in [0.3, 0.4) is 0 Å². The predicted molar refractivity (Wildman–Crippen MR) is 49.5 cm³/mol. The molecule has 1 aromatic rings. The predicted octanol–water partition coefficient (Wildman–Crippen LogP) is 0.606. The minimum Gasteiger partial charge on any atom is -0.375 e. The fourth-order valence-corrected chi connectivity index (χ4v) is 1.45. The van der Waals surface area contributed by atoms with Crippen molar-refractivity contribution in [2.45, 2.75) is 4.93 Å². The lowest BCUT2D eigenvalue weighted by molar-refractivity contribution is -0.114. The molecule has 1 fully saturated rings. The molecule has 0 amide bonds. The molecule has 2 rings (SSSR count). The summed E-state index contributed by atoms with van der Waals surface area (Å²) in [7, 11) is 0. The van der Waals surface area contributed by atoms with Crippen LogP contribution in [0, 0.1) is 0 Å². The van der Waals surface area contributed by atoms with Crippen LogP contribution in [0.4, 0.5) is 0 Å². The van der Waals surface area contributed by atoms with E-state index in [1.807, 2.05) is 0 Å². The van der Waals surface area contributed by atoms with Gasteiger partial charge in [-0.1, -0.05) is 0 Å². The molecule has 1 atom stereocenters. The van der Waals surface area contributed by atoms with E-state index in [1.165, 1.54) is 0 Å². The summed E-state index contributed by atoms with van der Waals surface area (Å²) >= 11 is 4.37. The van der Waals surface area contributed by atoms with Gasteiger partial charge >= 0.3 is 0 Å².